The van der Waals surface area contributed by atoms with Crippen LogP contribution in [0.25, 0.3) is 0 Å². The number of rotatable bonds is 3. The van der Waals surface area contributed by atoms with Crippen LogP contribution in [0, 0.1) is 5.82 Å². The molecule has 0 amide bonds. The summed E-state index contributed by atoms with van der Waals surface area (Å²) in [6, 6.07) is 4.74. The number of nitrogens with zero attached hydrogens (tertiary/aromatic N) is 1. The summed E-state index contributed by atoms with van der Waals surface area (Å²) in [6.45, 7) is 0. The average molecular weight is 223 g/mol. The van der Waals surface area contributed by atoms with Crippen molar-refractivity contribution in [2.24, 2.45) is 0 Å². The van der Waals surface area contributed by atoms with Crippen LogP contribution in [-0.2, 0) is 0 Å². The van der Waals surface area contributed by atoms with Crippen molar-refractivity contribution in [3.8, 4) is 0 Å². The lowest BCUT2D eigenvalue weighted by molar-refractivity contribution is 0.0692. The van der Waals surface area contributed by atoms with Crippen LogP contribution in [0.4, 0.5) is 10.1 Å². The van der Waals surface area contributed by atoms with Crippen LogP contribution in [0.3, 0.4) is 0 Å². The molecule has 0 aliphatic heterocycles. The van der Waals surface area contributed by atoms with Gasteiger partial charge >= 0.3 is 5.97 Å². The molecule has 1 aromatic rings. The minimum atomic E-state index is -1.23. The van der Waals surface area contributed by atoms with Crippen molar-refractivity contribution in [1.82, 2.24) is 0 Å². The molecule has 0 saturated heterocycles. The predicted octanol–water partition coefficient (Wildman–Crippen LogP) is 2.51. The summed E-state index contributed by atoms with van der Waals surface area (Å²) in [5.41, 5.74) is 0.470. The Morgan fingerprint density at radius 3 is 2.62 bits per heavy atom. The van der Waals surface area contributed by atoms with Crippen molar-refractivity contribution >= 4 is 11.7 Å². The fourth-order valence-electron chi connectivity index (χ4n) is 1.88. The maximum absolute atomic E-state index is 13.4. The van der Waals surface area contributed by atoms with E-state index in [1.807, 2.05) is 11.9 Å². The second kappa shape index (κ2) is 4.12. The zero-order valence-electron chi connectivity index (χ0n) is 9.11. The summed E-state index contributed by atoms with van der Waals surface area (Å²) in [5.74, 6) is -1.90. The third-order valence-corrected chi connectivity index (χ3v) is 3.21. The molecule has 1 aliphatic rings. The minimum Gasteiger partial charge on any atom is -0.478 e. The third kappa shape index (κ3) is 1.87. The van der Waals surface area contributed by atoms with E-state index in [9.17, 15) is 9.18 Å². The molecule has 0 radical (unpaired) electrons. The second-order valence-corrected chi connectivity index (χ2v) is 4.16. The molecule has 2 rings (SSSR count). The zero-order valence-corrected chi connectivity index (χ0v) is 9.11. The highest BCUT2D eigenvalue weighted by Gasteiger charge is 2.23. The number of hydrogen-bond donors (Lipinski definition) is 1. The Morgan fingerprint density at radius 2 is 2.19 bits per heavy atom. The van der Waals surface area contributed by atoms with Gasteiger partial charge in [-0.2, -0.15) is 0 Å². The number of carbonyl (C=O) groups is 1. The number of halogens is 1. The van der Waals surface area contributed by atoms with Crippen molar-refractivity contribution in [2.45, 2.75) is 25.3 Å². The van der Waals surface area contributed by atoms with Crippen LogP contribution < -0.4 is 4.90 Å². The number of carboxylic acid groups (broad SMARTS) is 1. The van der Waals surface area contributed by atoms with E-state index in [4.69, 9.17) is 5.11 Å². The van der Waals surface area contributed by atoms with Gasteiger partial charge in [-0.25, -0.2) is 9.18 Å². The molecule has 1 fully saturated rings. The molecule has 0 bridgehead atoms. The summed E-state index contributed by atoms with van der Waals surface area (Å²) in [6.07, 6.45) is 3.46. The number of aromatic carboxylic acids is 1. The molecule has 0 heterocycles. The monoisotopic (exact) mass is 223 g/mol. The summed E-state index contributed by atoms with van der Waals surface area (Å²) >= 11 is 0. The maximum atomic E-state index is 13.4. The highest BCUT2D eigenvalue weighted by Crippen LogP contribution is 2.28. The number of anilines is 1. The lowest BCUT2D eigenvalue weighted by atomic mass is 9.91. The van der Waals surface area contributed by atoms with Crippen molar-refractivity contribution in [3.05, 3.63) is 29.6 Å². The van der Waals surface area contributed by atoms with Gasteiger partial charge in [0.05, 0.1) is 5.56 Å². The molecule has 1 aromatic carbocycles. The summed E-state index contributed by atoms with van der Waals surface area (Å²) < 4.78 is 13.4. The van der Waals surface area contributed by atoms with E-state index in [0.29, 0.717) is 6.04 Å². The Bertz CT molecular complexity index is 415. The molecular weight excluding hydrogens is 209 g/mol. The van der Waals surface area contributed by atoms with Gasteiger partial charge in [-0.1, -0.05) is 0 Å². The second-order valence-electron chi connectivity index (χ2n) is 4.16. The highest BCUT2D eigenvalue weighted by molar-refractivity contribution is 5.88. The van der Waals surface area contributed by atoms with E-state index in [2.05, 4.69) is 0 Å². The molecule has 0 aromatic heterocycles. The van der Waals surface area contributed by atoms with Crippen LogP contribution in [0.5, 0.6) is 0 Å². The van der Waals surface area contributed by atoms with Gasteiger partial charge in [0.2, 0.25) is 0 Å². The van der Waals surface area contributed by atoms with E-state index < -0.39 is 11.8 Å². The van der Waals surface area contributed by atoms with E-state index in [1.165, 1.54) is 18.6 Å². The van der Waals surface area contributed by atoms with Crippen LogP contribution in [0.2, 0.25) is 0 Å². The molecule has 16 heavy (non-hydrogen) atoms. The largest absolute Gasteiger partial charge is 0.478 e. The van der Waals surface area contributed by atoms with Gasteiger partial charge in [0, 0.05) is 18.8 Å². The van der Waals surface area contributed by atoms with Crippen LogP contribution in [0.15, 0.2) is 18.2 Å². The van der Waals surface area contributed by atoms with Crippen molar-refractivity contribution in [2.75, 3.05) is 11.9 Å². The summed E-state index contributed by atoms with van der Waals surface area (Å²) in [4.78, 5) is 12.7. The number of carboxylic acids is 1. The molecule has 0 unspecified atom stereocenters. The fourth-order valence-corrected chi connectivity index (χ4v) is 1.88. The van der Waals surface area contributed by atoms with Crippen molar-refractivity contribution in [1.29, 1.82) is 0 Å². The molecule has 1 N–H and O–H groups in total. The fraction of sp³-hybridized carbons (Fsp3) is 0.417. The molecule has 0 atom stereocenters. The zero-order chi connectivity index (χ0) is 11.7. The molecule has 1 aliphatic carbocycles. The van der Waals surface area contributed by atoms with Crippen LogP contribution in [-0.4, -0.2) is 24.2 Å². The summed E-state index contributed by atoms with van der Waals surface area (Å²) in [7, 11) is 1.92. The molecular formula is C12H14FNO2. The smallest absolute Gasteiger partial charge is 0.338 e. The molecule has 3 nitrogen and oxygen atoms in total. The van der Waals surface area contributed by atoms with Crippen molar-refractivity contribution < 1.29 is 14.3 Å². The summed E-state index contributed by atoms with van der Waals surface area (Å²) in [5, 5.41) is 8.71. The van der Waals surface area contributed by atoms with Crippen LogP contribution in [0.1, 0.15) is 29.6 Å². The minimum absolute atomic E-state index is 0.272. The van der Waals surface area contributed by atoms with E-state index in [1.54, 1.807) is 6.07 Å². The topological polar surface area (TPSA) is 40.5 Å². The van der Waals surface area contributed by atoms with Crippen LogP contribution >= 0.6 is 0 Å². The Balaban J connectivity index is 2.22. The Hall–Kier alpha value is -1.58. The van der Waals surface area contributed by atoms with Gasteiger partial charge in [0.25, 0.3) is 0 Å². The Morgan fingerprint density at radius 1 is 1.50 bits per heavy atom. The first kappa shape index (κ1) is 10.9. The van der Waals surface area contributed by atoms with E-state index in [0.717, 1.165) is 18.5 Å². The third-order valence-electron chi connectivity index (χ3n) is 3.21. The van der Waals surface area contributed by atoms with Gasteiger partial charge in [-0.3, -0.25) is 0 Å². The Kier molecular flexibility index (Phi) is 2.81. The maximum Gasteiger partial charge on any atom is 0.338 e. The highest BCUT2D eigenvalue weighted by atomic mass is 19.1. The first-order valence-electron chi connectivity index (χ1n) is 5.35. The quantitative estimate of drug-likeness (QED) is 0.855. The standard InChI is InChI=1S/C12H14FNO2/c1-14(8-3-2-4-8)9-5-6-10(12(15)16)11(13)7-9/h5-8H,2-4H2,1H3,(H,15,16). The van der Waals surface area contributed by atoms with Gasteiger partial charge in [0.15, 0.2) is 0 Å². The molecule has 86 valence electrons. The van der Waals surface area contributed by atoms with Gasteiger partial charge in [-0.05, 0) is 37.5 Å². The SMILES string of the molecule is CN(c1ccc(C(=O)O)c(F)c1)C1CCC1. The lowest BCUT2D eigenvalue weighted by Gasteiger charge is -2.36. The van der Waals surface area contributed by atoms with Gasteiger partial charge in [0.1, 0.15) is 5.82 Å². The molecule has 1 saturated carbocycles. The Labute approximate surface area is 93.5 Å². The van der Waals surface area contributed by atoms with Gasteiger partial charge < -0.3 is 10.0 Å². The predicted molar refractivity (Wildman–Crippen MR) is 59.4 cm³/mol. The normalized spacial score (nSPS) is 15.6. The average Bonchev–Trinajstić information content (AvgIpc) is 2.14. The molecule has 4 heteroatoms. The molecule has 0 spiro atoms. The lowest BCUT2D eigenvalue weighted by Crippen LogP contribution is -2.37. The van der Waals surface area contributed by atoms with Crippen molar-refractivity contribution in [3.63, 3.8) is 0 Å². The van der Waals surface area contributed by atoms with E-state index in [-0.39, 0.29) is 5.56 Å². The first-order chi connectivity index (χ1) is 7.59. The first-order valence-corrected chi connectivity index (χ1v) is 5.35. The number of hydrogen-bond acceptors (Lipinski definition) is 2. The number of benzene rings is 1. The van der Waals surface area contributed by atoms with Gasteiger partial charge in [-0.15, -0.1) is 0 Å². The van der Waals surface area contributed by atoms with E-state index >= 15 is 0 Å².